The SMILES string of the molecule is CCC(=O)N[C@@H](CO[C@@H]1OC(CO)[C@H](O)C(O)[C@H]1O)[C@H](F)CC. The van der Waals surface area contributed by atoms with Gasteiger partial charge < -0.3 is 35.2 Å². The van der Waals surface area contributed by atoms with Crippen molar-refractivity contribution in [1.82, 2.24) is 5.32 Å². The largest absolute Gasteiger partial charge is 0.394 e. The Balaban J connectivity index is 2.66. The van der Waals surface area contributed by atoms with Crippen molar-refractivity contribution in [2.75, 3.05) is 13.2 Å². The molecule has 0 saturated carbocycles. The van der Waals surface area contributed by atoms with Crippen LogP contribution in [0.15, 0.2) is 0 Å². The molecule has 1 amide bonds. The number of carbonyl (C=O) groups excluding carboxylic acids is 1. The van der Waals surface area contributed by atoms with Crippen molar-refractivity contribution in [2.24, 2.45) is 0 Å². The topological polar surface area (TPSA) is 128 Å². The smallest absolute Gasteiger partial charge is 0.220 e. The first kappa shape index (κ1) is 20.2. The van der Waals surface area contributed by atoms with Crippen LogP contribution in [0.4, 0.5) is 4.39 Å². The quantitative estimate of drug-likeness (QED) is 0.362. The maximum atomic E-state index is 13.9. The number of amides is 1. The Morgan fingerprint density at radius 2 is 1.91 bits per heavy atom. The number of aliphatic hydroxyl groups is 4. The number of nitrogens with one attached hydrogen (secondary N) is 1. The van der Waals surface area contributed by atoms with Gasteiger partial charge in [-0.05, 0) is 6.42 Å². The molecule has 1 fully saturated rings. The molecule has 136 valence electrons. The van der Waals surface area contributed by atoms with Crippen LogP contribution in [-0.4, -0.2) is 82.5 Å². The zero-order valence-electron chi connectivity index (χ0n) is 13.3. The van der Waals surface area contributed by atoms with Gasteiger partial charge in [0.15, 0.2) is 6.29 Å². The van der Waals surface area contributed by atoms with Gasteiger partial charge in [0.25, 0.3) is 0 Å². The van der Waals surface area contributed by atoms with Crippen LogP contribution in [-0.2, 0) is 14.3 Å². The first-order valence-corrected chi connectivity index (χ1v) is 7.71. The van der Waals surface area contributed by atoms with E-state index >= 15 is 0 Å². The van der Waals surface area contributed by atoms with E-state index in [0.29, 0.717) is 0 Å². The number of halogens is 1. The van der Waals surface area contributed by atoms with Gasteiger partial charge in [-0.2, -0.15) is 0 Å². The molecule has 9 heteroatoms. The minimum absolute atomic E-state index is 0.159. The fourth-order valence-corrected chi connectivity index (χ4v) is 2.23. The number of hydrogen-bond acceptors (Lipinski definition) is 7. The lowest BCUT2D eigenvalue weighted by molar-refractivity contribution is -0.302. The molecule has 1 rings (SSSR count). The second-order valence-corrected chi connectivity index (χ2v) is 5.48. The molecule has 1 saturated heterocycles. The highest BCUT2D eigenvalue weighted by Gasteiger charge is 2.44. The van der Waals surface area contributed by atoms with E-state index in [9.17, 15) is 24.5 Å². The van der Waals surface area contributed by atoms with Gasteiger partial charge in [-0.15, -0.1) is 0 Å². The first-order chi connectivity index (χ1) is 10.8. The Kier molecular flexibility index (Phi) is 8.31. The monoisotopic (exact) mass is 339 g/mol. The summed E-state index contributed by atoms with van der Waals surface area (Å²) in [6.07, 6.45) is -8.08. The summed E-state index contributed by atoms with van der Waals surface area (Å²) in [5.74, 6) is -0.344. The fourth-order valence-electron chi connectivity index (χ4n) is 2.23. The molecule has 5 N–H and O–H groups in total. The Bertz CT molecular complexity index is 371. The van der Waals surface area contributed by atoms with E-state index in [1.54, 1.807) is 13.8 Å². The van der Waals surface area contributed by atoms with Crippen LogP contribution in [0.3, 0.4) is 0 Å². The highest BCUT2D eigenvalue weighted by Crippen LogP contribution is 2.22. The standard InChI is InChI=1S/C14H26FNO7/c1-3-7(15)8(16-10(18)4-2)6-22-14-13(21)12(20)11(19)9(5-17)23-14/h7-9,11-14,17,19-21H,3-6H2,1-2H3,(H,16,18)/t7-,8+,9?,11+,12?,13-,14-/m1/s1. The average molecular weight is 339 g/mol. The number of alkyl halides is 1. The lowest BCUT2D eigenvalue weighted by atomic mass is 9.99. The molecule has 0 spiro atoms. The molecular formula is C14H26FNO7. The fraction of sp³-hybridized carbons (Fsp3) is 0.929. The van der Waals surface area contributed by atoms with Gasteiger partial charge in [-0.1, -0.05) is 13.8 Å². The van der Waals surface area contributed by atoms with Crippen LogP contribution in [0.25, 0.3) is 0 Å². The molecule has 1 aliphatic rings. The predicted molar refractivity (Wildman–Crippen MR) is 77.1 cm³/mol. The Hall–Kier alpha value is -0.840. The Morgan fingerprint density at radius 1 is 1.26 bits per heavy atom. The molecular weight excluding hydrogens is 313 g/mol. The lowest BCUT2D eigenvalue weighted by Crippen LogP contribution is -2.59. The summed E-state index contributed by atoms with van der Waals surface area (Å²) in [5, 5.41) is 40.7. The van der Waals surface area contributed by atoms with Gasteiger partial charge in [0.1, 0.15) is 30.6 Å². The third-order valence-electron chi connectivity index (χ3n) is 3.78. The Morgan fingerprint density at radius 3 is 2.43 bits per heavy atom. The minimum atomic E-state index is -1.57. The predicted octanol–water partition coefficient (Wildman–Crippen LogP) is -1.55. The number of carbonyl (C=O) groups is 1. The third kappa shape index (κ3) is 5.33. The van der Waals surface area contributed by atoms with Crippen molar-refractivity contribution in [1.29, 1.82) is 0 Å². The van der Waals surface area contributed by atoms with Crippen molar-refractivity contribution in [2.45, 2.75) is 69.6 Å². The second-order valence-electron chi connectivity index (χ2n) is 5.48. The van der Waals surface area contributed by atoms with Gasteiger partial charge in [0.05, 0.1) is 19.3 Å². The van der Waals surface area contributed by atoms with Crippen molar-refractivity contribution in [3.05, 3.63) is 0 Å². The van der Waals surface area contributed by atoms with Crippen molar-refractivity contribution >= 4 is 5.91 Å². The summed E-state index contributed by atoms with van der Waals surface area (Å²) in [6.45, 7) is 2.37. The van der Waals surface area contributed by atoms with Crippen LogP contribution in [0.2, 0.25) is 0 Å². The van der Waals surface area contributed by atoms with Gasteiger partial charge in [0, 0.05) is 6.42 Å². The number of hydrogen-bond donors (Lipinski definition) is 5. The molecule has 2 unspecified atom stereocenters. The molecule has 0 aliphatic carbocycles. The normalized spacial score (nSPS) is 34.0. The van der Waals surface area contributed by atoms with Gasteiger partial charge in [-0.25, -0.2) is 4.39 Å². The number of ether oxygens (including phenoxy) is 2. The van der Waals surface area contributed by atoms with Crippen molar-refractivity contribution < 1.29 is 39.1 Å². The van der Waals surface area contributed by atoms with Crippen LogP contribution in [0, 0.1) is 0 Å². The highest BCUT2D eigenvalue weighted by molar-refractivity contribution is 5.75. The van der Waals surface area contributed by atoms with Gasteiger partial charge in [0.2, 0.25) is 5.91 Å². The van der Waals surface area contributed by atoms with Crippen molar-refractivity contribution in [3.63, 3.8) is 0 Å². The molecule has 0 aromatic heterocycles. The minimum Gasteiger partial charge on any atom is -0.394 e. The molecule has 1 aliphatic heterocycles. The molecule has 0 aromatic carbocycles. The Labute approximate surface area is 134 Å². The summed E-state index contributed by atoms with van der Waals surface area (Å²) < 4.78 is 24.3. The molecule has 0 radical (unpaired) electrons. The summed E-state index contributed by atoms with van der Waals surface area (Å²) >= 11 is 0. The van der Waals surface area contributed by atoms with Gasteiger partial charge >= 0.3 is 0 Å². The van der Waals surface area contributed by atoms with E-state index in [1.807, 2.05) is 0 Å². The first-order valence-electron chi connectivity index (χ1n) is 7.71. The number of rotatable bonds is 8. The molecule has 0 aromatic rings. The lowest BCUT2D eigenvalue weighted by Gasteiger charge is -2.40. The van der Waals surface area contributed by atoms with Crippen LogP contribution >= 0.6 is 0 Å². The molecule has 1 heterocycles. The van der Waals surface area contributed by atoms with Crippen LogP contribution in [0.1, 0.15) is 26.7 Å². The maximum Gasteiger partial charge on any atom is 0.220 e. The molecule has 23 heavy (non-hydrogen) atoms. The van der Waals surface area contributed by atoms with E-state index in [4.69, 9.17) is 14.6 Å². The average Bonchev–Trinajstić information content (AvgIpc) is 2.56. The zero-order chi connectivity index (χ0) is 17.6. The van der Waals surface area contributed by atoms with E-state index in [2.05, 4.69) is 5.32 Å². The number of aliphatic hydroxyl groups excluding tert-OH is 4. The van der Waals surface area contributed by atoms with Crippen molar-refractivity contribution in [3.8, 4) is 0 Å². The maximum absolute atomic E-state index is 13.9. The van der Waals surface area contributed by atoms with E-state index in [0.717, 1.165) is 0 Å². The van der Waals surface area contributed by atoms with E-state index < -0.39 is 49.5 Å². The van der Waals surface area contributed by atoms with E-state index in [1.165, 1.54) is 0 Å². The second kappa shape index (κ2) is 9.45. The molecule has 0 bridgehead atoms. The van der Waals surface area contributed by atoms with Gasteiger partial charge in [-0.3, -0.25) is 4.79 Å². The third-order valence-corrected chi connectivity index (χ3v) is 3.78. The molecule has 7 atom stereocenters. The highest BCUT2D eigenvalue weighted by atomic mass is 19.1. The summed E-state index contributed by atoms with van der Waals surface area (Å²) in [5.41, 5.74) is 0. The van der Waals surface area contributed by atoms with Crippen LogP contribution < -0.4 is 5.32 Å². The van der Waals surface area contributed by atoms with Crippen LogP contribution in [0.5, 0.6) is 0 Å². The van der Waals surface area contributed by atoms with E-state index in [-0.39, 0.29) is 25.4 Å². The molecule has 8 nitrogen and oxygen atoms in total. The zero-order valence-corrected chi connectivity index (χ0v) is 13.3. The summed E-state index contributed by atoms with van der Waals surface area (Å²) in [6, 6.07) is -0.931. The summed E-state index contributed by atoms with van der Waals surface area (Å²) in [4.78, 5) is 11.4. The summed E-state index contributed by atoms with van der Waals surface area (Å²) in [7, 11) is 0.